The minimum Gasteiger partial charge on any atom is -0.325 e. The molecule has 2 aliphatic rings. The minimum atomic E-state index is -2.92. The van der Waals surface area contributed by atoms with E-state index < -0.39 is 9.84 Å². The minimum absolute atomic E-state index is 0.00599. The smallest absolute Gasteiger partial charge is 0.151 e. The summed E-state index contributed by atoms with van der Waals surface area (Å²) in [7, 11) is -2.92. The Balaban J connectivity index is 1.88. The summed E-state index contributed by atoms with van der Waals surface area (Å²) >= 11 is 0. The second kappa shape index (κ2) is 4.31. The van der Waals surface area contributed by atoms with E-state index in [1.165, 1.54) is 0 Å². The molecule has 1 aliphatic carbocycles. The van der Waals surface area contributed by atoms with Crippen LogP contribution in [0.4, 0.5) is 0 Å². The second-order valence-corrected chi connectivity index (χ2v) is 8.22. The molecule has 1 aliphatic heterocycles. The molecular weight excluding hydrogens is 286 g/mol. The van der Waals surface area contributed by atoms with E-state index in [0.29, 0.717) is 18.0 Å². The lowest BCUT2D eigenvalue weighted by Crippen LogP contribution is -2.10. The van der Waals surface area contributed by atoms with E-state index in [9.17, 15) is 8.42 Å². The van der Waals surface area contributed by atoms with E-state index in [4.69, 9.17) is 5.26 Å². The SMILES string of the molecule is N#Cc1ccc2c(c1)nc(C1CCS(=O)(=O)C1)n2C1CC1. The lowest BCUT2D eigenvalue weighted by molar-refractivity contribution is 0.598. The maximum absolute atomic E-state index is 11.7. The number of rotatable bonds is 2. The first-order valence-corrected chi connectivity index (χ1v) is 9.02. The van der Waals surface area contributed by atoms with Crippen LogP contribution in [0.3, 0.4) is 0 Å². The molecule has 1 aromatic heterocycles. The highest BCUT2D eigenvalue weighted by molar-refractivity contribution is 7.91. The van der Waals surface area contributed by atoms with E-state index in [0.717, 1.165) is 29.7 Å². The number of hydrogen-bond acceptors (Lipinski definition) is 4. The fourth-order valence-corrected chi connectivity index (χ4v) is 4.93. The van der Waals surface area contributed by atoms with Gasteiger partial charge in [-0.3, -0.25) is 0 Å². The zero-order chi connectivity index (χ0) is 14.6. The van der Waals surface area contributed by atoms with E-state index in [1.807, 2.05) is 6.07 Å². The van der Waals surface area contributed by atoms with Crippen molar-refractivity contribution in [3.63, 3.8) is 0 Å². The molecule has 21 heavy (non-hydrogen) atoms. The Kier molecular flexibility index (Phi) is 2.64. The van der Waals surface area contributed by atoms with Crippen LogP contribution in [0.5, 0.6) is 0 Å². The van der Waals surface area contributed by atoms with Gasteiger partial charge in [-0.05, 0) is 37.5 Å². The summed E-state index contributed by atoms with van der Waals surface area (Å²) in [4.78, 5) is 4.68. The Morgan fingerprint density at radius 2 is 2.10 bits per heavy atom. The Labute approximate surface area is 123 Å². The predicted octanol–water partition coefficient (Wildman–Crippen LogP) is 2.14. The summed E-state index contributed by atoms with van der Waals surface area (Å²) < 4.78 is 25.7. The third kappa shape index (κ3) is 2.12. The van der Waals surface area contributed by atoms with Gasteiger partial charge in [-0.25, -0.2) is 13.4 Å². The molecule has 1 saturated heterocycles. The summed E-state index contributed by atoms with van der Waals surface area (Å²) in [5.41, 5.74) is 2.42. The number of aromatic nitrogens is 2. The van der Waals surface area contributed by atoms with E-state index >= 15 is 0 Å². The number of sulfone groups is 1. The molecule has 5 nitrogen and oxygen atoms in total. The molecule has 1 unspecified atom stereocenters. The molecule has 6 heteroatoms. The first-order valence-electron chi connectivity index (χ1n) is 7.20. The zero-order valence-corrected chi connectivity index (χ0v) is 12.3. The number of fused-ring (bicyclic) bond motifs is 1. The molecule has 2 aromatic rings. The van der Waals surface area contributed by atoms with Gasteiger partial charge in [0.15, 0.2) is 9.84 Å². The van der Waals surface area contributed by atoms with Gasteiger partial charge in [0.1, 0.15) is 5.82 Å². The Bertz CT molecular complexity index is 872. The quantitative estimate of drug-likeness (QED) is 0.851. The van der Waals surface area contributed by atoms with Gasteiger partial charge in [-0.15, -0.1) is 0 Å². The van der Waals surface area contributed by atoms with E-state index in [1.54, 1.807) is 12.1 Å². The molecule has 0 spiro atoms. The molecule has 1 saturated carbocycles. The Hall–Kier alpha value is -1.87. The van der Waals surface area contributed by atoms with Crippen molar-refractivity contribution in [2.24, 2.45) is 0 Å². The van der Waals surface area contributed by atoms with E-state index in [2.05, 4.69) is 15.6 Å². The predicted molar refractivity (Wildman–Crippen MR) is 78.7 cm³/mol. The highest BCUT2D eigenvalue weighted by Gasteiger charge is 2.36. The molecule has 108 valence electrons. The first-order chi connectivity index (χ1) is 10.1. The van der Waals surface area contributed by atoms with Crippen LogP contribution >= 0.6 is 0 Å². The summed E-state index contributed by atoms with van der Waals surface area (Å²) in [6, 6.07) is 8.11. The average Bonchev–Trinajstić information content (AvgIpc) is 3.13. The highest BCUT2D eigenvalue weighted by Crippen LogP contribution is 2.42. The van der Waals surface area contributed by atoms with Crippen LogP contribution in [0, 0.1) is 11.3 Å². The number of hydrogen-bond donors (Lipinski definition) is 0. The van der Waals surface area contributed by atoms with Crippen molar-refractivity contribution in [1.29, 1.82) is 5.26 Å². The highest BCUT2D eigenvalue weighted by atomic mass is 32.2. The summed E-state index contributed by atoms with van der Waals surface area (Å²) in [5, 5.41) is 9.01. The lowest BCUT2D eigenvalue weighted by atomic mass is 10.1. The van der Waals surface area contributed by atoms with Gasteiger partial charge in [-0.1, -0.05) is 0 Å². The van der Waals surface area contributed by atoms with Crippen LogP contribution in [0.15, 0.2) is 18.2 Å². The molecule has 2 fully saturated rings. The normalized spacial score (nSPS) is 24.2. The molecule has 0 N–H and O–H groups in total. The lowest BCUT2D eigenvalue weighted by Gasteiger charge is -2.11. The summed E-state index contributed by atoms with van der Waals surface area (Å²) in [6.07, 6.45) is 2.90. The second-order valence-electron chi connectivity index (χ2n) is 5.99. The average molecular weight is 301 g/mol. The monoisotopic (exact) mass is 301 g/mol. The number of nitriles is 1. The van der Waals surface area contributed by atoms with Crippen LogP contribution in [0.2, 0.25) is 0 Å². The van der Waals surface area contributed by atoms with Gasteiger partial charge in [0.2, 0.25) is 0 Å². The maximum atomic E-state index is 11.7. The first kappa shape index (κ1) is 12.8. The van der Waals surface area contributed by atoms with Gasteiger partial charge in [0.05, 0.1) is 34.2 Å². The van der Waals surface area contributed by atoms with E-state index in [-0.39, 0.29) is 17.4 Å². The van der Waals surface area contributed by atoms with Gasteiger partial charge >= 0.3 is 0 Å². The molecule has 2 heterocycles. The van der Waals surface area contributed by atoms with Crippen molar-refractivity contribution in [3.8, 4) is 6.07 Å². The number of imidazole rings is 1. The summed E-state index contributed by atoms with van der Waals surface area (Å²) in [6.45, 7) is 0. The third-order valence-electron chi connectivity index (χ3n) is 4.36. The fourth-order valence-electron chi connectivity index (χ4n) is 3.19. The zero-order valence-electron chi connectivity index (χ0n) is 11.5. The molecule has 1 atom stereocenters. The molecule has 0 radical (unpaired) electrons. The van der Waals surface area contributed by atoms with Gasteiger partial charge in [-0.2, -0.15) is 5.26 Å². The largest absolute Gasteiger partial charge is 0.325 e. The van der Waals surface area contributed by atoms with Crippen molar-refractivity contribution in [2.45, 2.75) is 31.2 Å². The molecule has 0 bridgehead atoms. The number of nitrogens with zero attached hydrogens (tertiary/aromatic N) is 3. The van der Waals surface area contributed by atoms with Gasteiger partial charge in [0, 0.05) is 12.0 Å². The van der Waals surface area contributed by atoms with Crippen LogP contribution < -0.4 is 0 Å². The van der Waals surface area contributed by atoms with Crippen molar-refractivity contribution >= 4 is 20.9 Å². The van der Waals surface area contributed by atoms with Crippen molar-refractivity contribution in [1.82, 2.24) is 9.55 Å². The van der Waals surface area contributed by atoms with Crippen molar-refractivity contribution < 1.29 is 8.42 Å². The van der Waals surface area contributed by atoms with Crippen molar-refractivity contribution in [2.75, 3.05) is 11.5 Å². The third-order valence-corrected chi connectivity index (χ3v) is 6.12. The fraction of sp³-hybridized carbons (Fsp3) is 0.467. The van der Waals surface area contributed by atoms with Crippen LogP contribution in [-0.4, -0.2) is 29.5 Å². The van der Waals surface area contributed by atoms with Gasteiger partial charge < -0.3 is 4.57 Å². The van der Waals surface area contributed by atoms with Crippen molar-refractivity contribution in [3.05, 3.63) is 29.6 Å². The van der Waals surface area contributed by atoms with Crippen LogP contribution in [-0.2, 0) is 9.84 Å². The van der Waals surface area contributed by atoms with Gasteiger partial charge in [0.25, 0.3) is 0 Å². The topological polar surface area (TPSA) is 75.8 Å². The number of benzene rings is 1. The standard InChI is InChI=1S/C15H15N3O2S/c16-8-10-1-4-14-13(7-10)17-15(18(14)12-2-3-12)11-5-6-21(19,20)9-11/h1,4,7,11-12H,2-3,5-6,9H2. The van der Waals surface area contributed by atoms with Crippen LogP contribution in [0.1, 0.15) is 42.6 Å². The van der Waals surface area contributed by atoms with Crippen LogP contribution in [0.25, 0.3) is 11.0 Å². The molecule has 1 aromatic carbocycles. The molecule has 4 rings (SSSR count). The Morgan fingerprint density at radius 1 is 1.29 bits per heavy atom. The molecular formula is C15H15N3O2S. The summed E-state index contributed by atoms with van der Waals surface area (Å²) in [5.74, 6) is 1.35. The Morgan fingerprint density at radius 3 is 2.71 bits per heavy atom. The maximum Gasteiger partial charge on any atom is 0.151 e. The molecule has 0 amide bonds.